The Morgan fingerprint density at radius 1 is 0.952 bits per heavy atom. The van der Waals surface area contributed by atoms with Crippen LogP contribution in [0, 0.1) is 0 Å². The fourth-order valence-electron chi connectivity index (χ4n) is 2.58. The number of amides is 2. The van der Waals surface area contributed by atoms with Gasteiger partial charge in [0.1, 0.15) is 0 Å². The van der Waals surface area contributed by atoms with E-state index in [0.29, 0.717) is 19.0 Å². The van der Waals surface area contributed by atoms with Crippen LogP contribution in [0.5, 0.6) is 0 Å². The van der Waals surface area contributed by atoms with Gasteiger partial charge in [0.15, 0.2) is 0 Å². The summed E-state index contributed by atoms with van der Waals surface area (Å²) in [5.41, 5.74) is 5.40. The summed E-state index contributed by atoms with van der Waals surface area (Å²) in [5.74, 6) is -0.0927. The molecular formula is C15H30ClN3O2. The van der Waals surface area contributed by atoms with Crippen molar-refractivity contribution in [3.63, 3.8) is 0 Å². The third-order valence-electron chi connectivity index (χ3n) is 3.77. The molecule has 0 saturated heterocycles. The molecule has 6 heteroatoms. The minimum atomic E-state index is -0.0617. The van der Waals surface area contributed by atoms with Crippen molar-refractivity contribution in [2.24, 2.45) is 5.73 Å². The van der Waals surface area contributed by atoms with Crippen molar-refractivity contribution in [1.82, 2.24) is 10.6 Å². The van der Waals surface area contributed by atoms with Gasteiger partial charge in [-0.1, -0.05) is 32.1 Å². The zero-order valence-electron chi connectivity index (χ0n) is 12.9. The molecule has 0 radical (unpaired) electrons. The number of nitrogens with one attached hydrogen (secondary N) is 2. The molecule has 124 valence electrons. The monoisotopic (exact) mass is 319 g/mol. The minimum Gasteiger partial charge on any atom is -0.352 e. The summed E-state index contributed by atoms with van der Waals surface area (Å²) in [6.45, 7) is 0.825. The van der Waals surface area contributed by atoms with E-state index < -0.39 is 0 Å². The van der Waals surface area contributed by atoms with Crippen LogP contribution in [0.2, 0.25) is 0 Å². The molecule has 0 atom stereocenters. The summed E-state index contributed by atoms with van der Waals surface area (Å²) in [6.07, 6.45) is 10.3. The highest BCUT2D eigenvalue weighted by molar-refractivity contribution is 5.85. The number of hydrogen-bond acceptors (Lipinski definition) is 3. The van der Waals surface area contributed by atoms with E-state index in [0.717, 1.165) is 38.5 Å². The lowest BCUT2D eigenvalue weighted by atomic mass is 9.95. The number of nitrogens with two attached hydrogens (primary N) is 1. The second kappa shape index (κ2) is 12.9. The maximum absolute atomic E-state index is 11.7. The topological polar surface area (TPSA) is 84.2 Å². The number of carbonyl (C=O) groups is 2. The molecule has 0 aromatic carbocycles. The summed E-state index contributed by atoms with van der Waals surface area (Å²) in [6, 6.07) is 0.310. The van der Waals surface area contributed by atoms with Gasteiger partial charge < -0.3 is 16.4 Å². The first-order chi connectivity index (χ1) is 9.72. The molecule has 0 bridgehead atoms. The van der Waals surface area contributed by atoms with Crippen LogP contribution in [-0.2, 0) is 9.59 Å². The quantitative estimate of drug-likeness (QED) is 0.567. The third kappa shape index (κ3) is 10.5. The Hall–Kier alpha value is -0.810. The number of rotatable bonds is 9. The summed E-state index contributed by atoms with van der Waals surface area (Å²) >= 11 is 0. The van der Waals surface area contributed by atoms with Crippen molar-refractivity contribution >= 4 is 24.2 Å². The van der Waals surface area contributed by atoms with Gasteiger partial charge in [0.2, 0.25) is 11.8 Å². The first kappa shape index (κ1) is 20.2. The molecule has 1 saturated carbocycles. The van der Waals surface area contributed by atoms with Crippen molar-refractivity contribution in [3.8, 4) is 0 Å². The Kier molecular flexibility index (Phi) is 12.4. The molecule has 0 aromatic rings. The van der Waals surface area contributed by atoms with Gasteiger partial charge in [-0.25, -0.2) is 0 Å². The van der Waals surface area contributed by atoms with Crippen LogP contribution in [0.3, 0.4) is 0 Å². The maximum atomic E-state index is 11.7. The molecule has 4 N–H and O–H groups in total. The molecule has 0 aromatic heterocycles. The highest BCUT2D eigenvalue weighted by atomic mass is 35.5. The van der Waals surface area contributed by atoms with Crippen LogP contribution in [0.4, 0.5) is 0 Å². The molecule has 1 rings (SSSR count). The number of halogens is 1. The average molecular weight is 320 g/mol. The molecule has 0 heterocycles. The second-order valence-corrected chi connectivity index (χ2v) is 5.63. The molecule has 21 heavy (non-hydrogen) atoms. The maximum Gasteiger partial charge on any atom is 0.239 e. The SMILES string of the molecule is Cl.NCCCCCCC(=O)NCC(=O)NC1CCCCC1. The molecule has 1 aliphatic carbocycles. The zero-order chi connectivity index (χ0) is 14.6. The van der Waals surface area contributed by atoms with Gasteiger partial charge in [-0.05, 0) is 32.2 Å². The van der Waals surface area contributed by atoms with Crippen molar-refractivity contribution < 1.29 is 9.59 Å². The first-order valence-electron chi connectivity index (χ1n) is 7.98. The molecular weight excluding hydrogens is 290 g/mol. The zero-order valence-corrected chi connectivity index (χ0v) is 13.7. The fraction of sp³-hybridized carbons (Fsp3) is 0.867. The summed E-state index contributed by atoms with van der Waals surface area (Å²) in [4.78, 5) is 23.2. The van der Waals surface area contributed by atoms with Gasteiger partial charge in [-0.3, -0.25) is 9.59 Å². The van der Waals surface area contributed by atoms with Crippen LogP contribution in [0.25, 0.3) is 0 Å². The fourth-order valence-corrected chi connectivity index (χ4v) is 2.58. The lowest BCUT2D eigenvalue weighted by Crippen LogP contribution is -2.42. The normalized spacial score (nSPS) is 15.1. The third-order valence-corrected chi connectivity index (χ3v) is 3.77. The van der Waals surface area contributed by atoms with E-state index in [1.54, 1.807) is 0 Å². The summed E-state index contributed by atoms with van der Waals surface area (Å²) < 4.78 is 0. The molecule has 0 unspecified atom stereocenters. The Balaban J connectivity index is 0.00000400. The van der Waals surface area contributed by atoms with Gasteiger partial charge >= 0.3 is 0 Å². The number of hydrogen-bond donors (Lipinski definition) is 3. The summed E-state index contributed by atoms with van der Waals surface area (Å²) in [7, 11) is 0. The van der Waals surface area contributed by atoms with Crippen LogP contribution < -0.4 is 16.4 Å². The van der Waals surface area contributed by atoms with Crippen molar-refractivity contribution in [2.75, 3.05) is 13.1 Å². The largest absolute Gasteiger partial charge is 0.352 e. The van der Waals surface area contributed by atoms with Crippen LogP contribution in [-0.4, -0.2) is 30.9 Å². The summed E-state index contributed by atoms with van der Waals surface area (Å²) in [5, 5.41) is 5.68. The predicted octanol–water partition coefficient (Wildman–Crippen LogP) is 1.88. The van der Waals surface area contributed by atoms with Crippen LogP contribution >= 0.6 is 12.4 Å². The lowest BCUT2D eigenvalue weighted by molar-refractivity contribution is -0.126. The Bertz CT molecular complexity index is 295. The average Bonchev–Trinajstić information content (AvgIpc) is 2.46. The van der Waals surface area contributed by atoms with E-state index in [9.17, 15) is 9.59 Å². The molecule has 1 aliphatic rings. The lowest BCUT2D eigenvalue weighted by Gasteiger charge is -2.22. The van der Waals surface area contributed by atoms with Gasteiger partial charge in [0, 0.05) is 12.5 Å². The number of unbranched alkanes of at least 4 members (excludes halogenated alkanes) is 3. The van der Waals surface area contributed by atoms with Crippen molar-refractivity contribution in [3.05, 3.63) is 0 Å². The molecule has 0 aliphatic heterocycles. The minimum absolute atomic E-state index is 0. The molecule has 0 spiro atoms. The highest BCUT2D eigenvalue weighted by Crippen LogP contribution is 2.17. The van der Waals surface area contributed by atoms with E-state index in [1.165, 1.54) is 19.3 Å². The predicted molar refractivity (Wildman–Crippen MR) is 87.4 cm³/mol. The number of carbonyl (C=O) groups excluding carboxylic acids is 2. The smallest absolute Gasteiger partial charge is 0.239 e. The van der Waals surface area contributed by atoms with E-state index >= 15 is 0 Å². The highest BCUT2D eigenvalue weighted by Gasteiger charge is 2.15. The van der Waals surface area contributed by atoms with Gasteiger partial charge in [0.05, 0.1) is 6.54 Å². The Morgan fingerprint density at radius 3 is 2.29 bits per heavy atom. The van der Waals surface area contributed by atoms with Crippen molar-refractivity contribution in [2.45, 2.75) is 70.3 Å². The van der Waals surface area contributed by atoms with Crippen LogP contribution in [0.1, 0.15) is 64.2 Å². The van der Waals surface area contributed by atoms with E-state index in [-0.39, 0.29) is 30.8 Å². The van der Waals surface area contributed by atoms with E-state index in [2.05, 4.69) is 10.6 Å². The van der Waals surface area contributed by atoms with Gasteiger partial charge in [-0.2, -0.15) is 0 Å². The second-order valence-electron chi connectivity index (χ2n) is 5.63. The van der Waals surface area contributed by atoms with E-state index in [1.807, 2.05) is 0 Å². The van der Waals surface area contributed by atoms with E-state index in [4.69, 9.17) is 5.73 Å². The standard InChI is InChI=1S/C15H29N3O2.ClH/c16-11-7-2-1-6-10-14(19)17-12-15(20)18-13-8-4-3-5-9-13;/h13H,1-12,16H2,(H,17,19)(H,18,20);1H. The Morgan fingerprint density at radius 2 is 1.62 bits per heavy atom. The van der Waals surface area contributed by atoms with Gasteiger partial charge in [0.25, 0.3) is 0 Å². The molecule has 5 nitrogen and oxygen atoms in total. The first-order valence-corrected chi connectivity index (χ1v) is 7.98. The van der Waals surface area contributed by atoms with Crippen molar-refractivity contribution in [1.29, 1.82) is 0 Å². The molecule has 1 fully saturated rings. The van der Waals surface area contributed by atoms with Crippen LogP contribution in [0.15, 0.2) is 0 Å². The molecule has 2 amide bonds. The van der Waals surface area contributed by atoms with Gasteiger partial charge in [-0.15, -0.1) is 12.4 Å². The Labute approximate surface area is 134 Å².